The summed E-state index contributed by atoms with van der Waals surface area (Å²) in [5.41, 5.74) is 0.316. The first-order chi connectivity index (χ1) is 13.6. The average Bonchev–Trinajstić information content (AvgIpc) is 2.69. The van der Waals surface area contributed by atoms with Gasteiger partial charge in [0.05, 0.1) is 17.2 Å². The standard InChI is InChI=1S/C23H26F3N3/c1-16-15-29(22(3,4)19-8-6-5-7-9-19)17(2)14-28(16)20-11-10-18(13-27)21(12-20)23(24,25)26/h5-12,16-17H,14-15H2,1-4H3/t16-,17+/m1/s1. The van der Waals surface area contributed by atoms with E-state index in [9.17, 15) is 13.2 Å². The fourth-order valence-corrected chi connectivity index (χ4v) is 4.32. The number of piperazine rings is 1. The molecule has 0 N–H and O–H groups in total. The molecule has 1 aliphatic rings. The molecular weight excluding hydrogens is 375 g/mol. The van der Waals surface area contributed by atoms with Gasteiger partial charge in [-0.3, -0.25) is 4.90 Å². The maximum absolute atomic E-state index is 13.4. The van der Waals surface area contributed by atoms with Crippen LogP contribution in [0.2, 0.25) is 0 Å². The number of alkyl halides is 3. The molecule has 2 atom stereocenters. The second kappa shape index (κ2) is 7.72. The molecule has 1 fully saturated rings. The van der Waals surface area contributed by atoms with E-state index in [1.807, 2.05) is 30.0 Å². The summed E-state index contributed by atoms with van der Waals surface area (Å²) in [6.07, 6.45) is -4.55. The topological polar surface area (TPSA) is 30.3 Å². The third-order valence-corrected chi connectivity index (χ3v) is 5.94. The number of hydrogen-bond acceptors (Lipinski definition) is 3. The molecule has 3 rings (SSSR count). The summed E-state index contributed by atoms with van der Waals surface area (Å²) < 4.78 is 40.2. The molecule has 3 nitrogen and oxygen atoms in total. The zero-order chi connectivity index (χ0) is 21.4. The van der Waals surface area contributed by atoms with E-state index >= 15 is 0 Å². The molecule has 0 bridgehead atoms. The number of rotatable bonds is 3. The van der Waals surface area contributed by atoms with Crippen molar-refractivity contribution in [1.82, 2.24) is 4.90 Å². The summed E-state index contributed by atoms with van der Waals surface area (Å²) in [6.45, 7) is 9.85. The van der Waals surface area contributed by atoms with Crippen LogP contribution < -0.4 is 4.90 Å². The molecule has 0 unspecified atom stereocenters. The number of anilines is 1. The molecule has 0 radical (unpaired) electrons. The van der Waals surface area contributed by atoms with Crippen molar-refractivity contribution >= 4 is 5.69 Å². The summed E-state index contributed by atoms with van der Waals surface area (Å²) >= 11 is 0. The summed E-state index contributed by atoms with van der Waals surface area (Å²) in [7, 11) is 0. The van der Waals surface area contributed by atoms with E-state index in [4.69, 9.17) is 5.26 Å². The van der Waals surface area contributed by atoms with Gasteiger partial charge in [0.2, 0.25) is 0 Å². The lowest BCUT2D eigenvalue weighted by Gasteiger charge is -2.52. The van der Waals surface area contributed by atoms with Gasteiger partial charge in [-0.1, -0.05) is 30.3 Å². The smallest absolute Gasteiger partial charge is 0.366 e. The highest BCUT2D eigenvalue weighted by Gasteiger charge is 2.39. The molecule has 0 spiro atoms. The second-order valence-corrected chi connectivity index (χ2v) is 8.27. The fourth-order valence-electron chi connectivity index (χ4n) is 4.32. The first kappa shape index (κ1) is 21.2. The molecule has 154 valence electrons. The summed E-state index contributed by atoms with van der Waals surface area (Å²) in [6, 6.07) is 16.1. The van der Waals surface area contributed by atoms with E-state index in [0.717, 1.165) is 12.6 Å². The fraction of sp³-hybridized carbons (Fsp3) is 0.435. The molecular formula is C23H26F3N3. The van der Waals surface area contributed by atoms with E-state index < -0.39 is 11.7 Å². The van der Waals surface area contributed by atoms with Gasteiger partial charge in [0.25, 0.3) is 0 Å². The van der Waals surface area contributed by atoms with Gasteiger partial charge in [-0.15, -0.1) is 0 Å². The van der Waals surface area contributed by atoms with E-state index in [1.54, 1.807) is 12.1 Å². The second-order valence-electron chi connectivity index (χ2n) is 8.27. The Balaban J connectivity index is 1.89. The van der Waals surface area contributed by atoms with Crippen LogP contribution in [0.3, 0.4) is 0 Å². The number of hydrogen-bond donors (Lipinski definition) is 0. The molecule has 2 aromatic carbocycles. The predicted octanol–water partition coefficient (Wildman–Crippen LogP) is 5.41. The number of halogens is 3. The number of benzene rings is 2. The highest BCUT2D eigenvalue weighted by atomic mass is 19.4. The lowest BCUT2D eigenvalue weighted by atomic mass is 9.88. The molecule has 1 heterocycles. The van der Waals surface area contributed by atoms with Crippen LogP contribution >= 0.6 is 0 Å². The van der Waals surface area contributed by atoms with E-state index in [1.165, 1.54) is 11.6 Å². The Labute approximate surface area is 170 Å². The molecule has 0 aliphatic carbocycles. The van der Waals surface area contributed by atoms with Crippen molar-refractivity contribution in [2.45, 2.75) is 51.5 Å². The van der Waals surface area contributed by atoms with Crippen molar-refractivity contribution in [3.8, 4) is 6.07 Å². The summed E-state index contributed by atoms with van der Waals surface area (Å²) in [5.74, 6) is 0. The van der Waals surface area contributed by atoms with Gasteiger partial charge in [-0.05, 0) is 51.5 Å². The van der Waals surface area contributed by atoms with Gasteiger partial charge in [-0.2, -0.15) is 18.4 Å². The first-order valence-corrected chi connectivity index (χ1v) is 9.76. The SMILES string of the molecule is C[C@@H]1CN(C(C)(C)c2ccccc2)[C@@H](C)CN1c1ccc(C#N)c(C(F)(F)F)c1. The van der Waals surface area contributed by atoms with Crippen molar-refractivity contribution < 1.29 is 13.2 Å². The molecule has 2 aromatic rings. The molecule has 0 aromatic heterocycles. The Kier molecular flexibility index (Phi) is 5.64. The maximum atomic E-state index is 13.4. The lowest BCUT2D eigenvalue weighted by molar-refractivity contribution is -0.137. The Morgan fingerprint density at radius 2 is 1.62 bits per heavy atom. The maximum Gasteiger partial charge on any atom is 0.417 e. The van der Waals surface area contributed by atoms with Crippen LogP contribution in [-0.2, 0) is 11.7 Å². The summed E-state index contributed by atoms with van der Waals surface area (Å²) in [4.78, 5) is 4.43. The van der Waals surface area contributed by atoms with Gasteiger partial charge >= 0.3 is 6.18 Å². The van der Waals surface area contributed by atoms with Crippen LogP contribution in [0.15, 0.2) is 48.5 Å². The van der Waals surface area contributed by atoms with Crippen LogP contribution in [0, 0.1) is 11.3 Å². The van der Waals surface area contributed by atoms with Crippen molar-refractivity contribution in [3.05, 3.63) is 65.2 Å². The van der Waals surface area contributed by atoms with Crippen LogP contribution in [-0.4, -0.2) is 30.1 Å². The summed E-state index contributed by atoms with van der Waals surface area (Å²) in [5, 5.41) is 9.04. The molecule has 6 heteroatoms. The van der Waals surface area contributed by atoms with Crippen molar-refractivity contribution in [1.29, 1.82) is 5.26 Å². The van der Waals surface area contributed by atoms with Gasteiger partial charge in [0.15, 0.2) is 0 Å². The van der Waals surface area contributed by atoms with Gasteiger partial charge in [-0.25, -0.2) is 0 Å². The number of nitrogens with zero attached hydrogens (tertiary/aromatic N) is 3. The van der Waals surface area contributed by atoms with Crippen LogP contribution in [0.1, 0.15) is 44.4 Å². The average molecular weight is 401 g/mol. The van der Waals surface area contributed by atoms with Crippen molar-refractivity contribution in [2.75, 3.05) is 18.0 Å². The monoisotopic (exact) mass is 401 g/mol. The normalized spacial score (nSPS) is 21.1. The van der Waals surface area contributed by atoms with Crippen LogP contribution in [0.25, 0.3) is 0 Å². The van der Waals surface area contributed by atoms with Crippen molar-refractivity contribution in [3.63, 3.8) is 0 Å². The minimum absolute atomic E-state index is 0.0307. The lowest BCUT2D eigenvalue weighted by Crippen LogP contribution is -2.61. The number of nitriles is 1. The quantitative estimate of drug-likeness (QED) is 0.689. The van der Waals surface area contributed by atoms with E-state index in [0.29, 0.717) is 12.2 Å². The van der Waals surface area contributed by atoms with E-state index in [-0.39, 0.29) is 23.2 Å². The largest absolute Gasteiger partial charge is 0.417 e. The Bertz CT molecular complexity index is 900. The third-order valence-electron chi connectivity index (χ3n) is 5.94. The zero-order valence-electron chi connectivity index (χ0n) is 17.2. The minimum atomic E-state index is -4.55. The molecule has 0 saturated carbocycles. The van der Waals surface area contributed by atoms with Crippen LogP contribution in [0.4, 0.5) is 18.9 Å². The molecule has 0 amide bonds. The Morgan fingerprint density at radius 1 is 0.966 bits per heavy atom. The van der Waals surface area contributed by atoms with Crippen molar-refractivity contribution in [2.24, 2.45) is 0 Å². The third kappa shape index (κ3) is 4.11. The first-order valence-electron chi connectivity index (χ1n) is 9.76. The Hall–Kier alpha value is -2.52. The predicted molar refractivity (Wildman–Crippen MR) is 109 cm³/mol. The van der Waals surface area contributed by atoms with Gasteiger partial charge < -0.3 is 4.90 Å². The molecule has 1 saturated heterocycles. The molecule has 29 heavy (non-hydrogen) atoms. The molecule has 1 aliphatic heterocycles. The van der Waals surface area contributed by atoms with Gasteiger partial charge in [0, 0.05) is 36.4 Å². The minimum Gasteiger partial charge on any atom is -0.366 e. The highest BCUT2D eigenvalue weighted by Crippen LogP contribution is 2.37. The van der Waals surface area contributed by atoms with Crippen LogP contribution in [0.5, 0.6) is 0 Å². The van der Waals surface area contributed by atoms with Gasteiger partial charge in [0.1, 0.15) is 0 Å². The van der Waals surface area contributed by atoms with E-state index in [2.05, 4.69) is 37.8 Å². The zero-order valence-corrected chi connectivity index (χ0v) is 17.2. The highest BCUT2D eigenvalue weighted by molar-refractivity contribution is 5.56. The Morgan fingerprint density at radius 3 is 2.21 bits per heavy atom.